The Kier molecular flexibility index (Phi) is 20.7. The summed E-state index contributed by atoms with van der Waals surface area (Å²) in [6.45, 7) is 4.19. The smallest absolute Gasteiger partial charge is 0.306 e. The van der Waals surface area contributed by atoms with Gasteiger partial charge in [-0.3, -0.25) is 9.59 Å². The Labute approximate surface area is 231 Å². The van der Waals surface area contributed by atoms with Gasteiger partial charge < -0.3 is 30.2 Å². The third-order valence-corrected chi connectivity index (χ3v) is 7.39. The molecule has 0 spiro atoms. The molecule has 1 heterocycles. The third kappa shape index (κ3) is 16.0. The highest BCUT2D eigenvalue weighted by Crippen LogP contribution is 2.23. The molecule has 1 fully saturated rings. The molecule has 0 aliphatic carbocycles. The fourth-order valence-corrected chi connectivity index (χ4v) is 4.86. The Bertz CT molecular complexity index is 603. The summed E-state index contributed by atoms with van der Waals surface area (Å²) >= 11 is 0. The van der Waals surface area contributed by atoms with Gasteiger partial charge in [0.25, 0.3) is 0 Å². The normalized spacial score (nSPS) is 23.3. The second-order valence-corrected chi connectivity index (χ2v) is 10.9. The minimum atomic E-state index is -1.43. The average Bonchev–Trinajstić information content (AvgIpc) is 2.90. The van der Waals surface area contributed by atoms with Crippen LogP contribution in [0.1, 0.15) is 142 Å². The number of aliphatic hydroxyl groups excluding tert-OH is 2. The minimum absolute atomic E-state index is 0.229. The lowest BCUT2D eigenvalue weighted by Gasteiger charge is -2.40. The van der Waals surface area contributed by atoms with E-state index in [2.05, 4.69) is 13.8 Å². The van der Waals surface area contributed by atoms with Crippen LogP contribution < -0.4 is 5.73 Å². The van der Waals surface area contributed by atoms with Crippen LogP contribution in [0.4, 0.5) is 0 Å². The van der Waals surface area contributed by atoms with Crippen LogP contribution in [-0.2, 0) is 23.8 Å². The van der Waals surface area contributed by atoms with Gasteiger partial charge in [0.05, 0.1) is 6.04 Å². The zero-order valence-corrected chi connectivity index (χ0v) is 24.2. The van der Waals surface area contributed by atoms with E-state index in [4.69, 9.17) is 19.9 Å². The zero-order chi connectivity index (χ0) is 28.0. The molecule has 0 aromatic heterocycles. The molecule has 1 unspecified atom stereocenters. The van der Waals surface area contributed by atoms with Crippen molar-refractivity contribution in [1.82, 2.24) is 0 Å². The average molecular weight is 544 g/mol. The van der Waals surface area contributed by atoms with Gasteiger partial charge in [0, 0.05) is 12.8 Å². The number of ether oxygens (including phenoxy) is 3. The maximum atomic E-state index is 12.4. The molecule has 0 bridgehead atoms. The van der Waals surface area contributed by atoms with Crippen LogP contribution in [-0.4, -0.2) is 59.4 Å². The van der Waals surface area contributed by atoms with Gasteiger partial charge >= 0.3 is 11.9 Å². The Balaban J connectivity index is 2.24. The zero-order valence-electron chi connectivity index (χ0n) is 24.2. The predicted octanol–water partition coefficient (Wildman–Crippen LogP) is 5.69. The number of unbranched alkanes of at least 4 members (excludes halogenated alkanes) is 16. The number of aliphatic hydroxyl groups is 2. The summed E-state index contributed by atoms with van der Waals surface area (Å²) in [6, 6.07) is -1.08. The largest absolute Gasteiger partial charge is 0.463 e. The molecule has 1 saturated heterocycles. The summed E-state index contributed by atoms with van der Waals surface area (Å²) in [6.07, 6.45) is 16.4. The molecule has 1 aliphatic heterocycles. The van der Waals surface area contributed by atoms with E-state index in [1.807, 2.05) is 0 Å². The third-order valence-electron chi connectivity index (χ3n) is 7.39. The van der Waals surface area contributed by atoms with Crippen LogP contribution >= 0.6 is 0 Å². The lowest BCUT2D eigenvalue weighted by atomic mass is 9.97. The van der Waals surface area contributed by atoms with E-state index in [-0.39, 0.29) is 19.0 Å². The van der Waals surface area contributed by atoms with Gasteiger partial charge in [-0.25, -0.2) is 0 Å². The summed E-state index contributed by atoms with van der Waals surface area (Å²) in [4.78, 5) is 24.5. The first-order valence-electron chi connectivity index (χ1n) is 15.5. The summed E-state index contributed by atoms with van der Waals surface area (Å²) < 4.78 is 16.1. The molecule has 224 valence electrons. The summed E-state index contributed by atoms with van der Waals surface area (Å²) in [5, 5.41) is 20.8. The molecule has 1 aliphatic rings. The molecule has 0 aromatic rings. The molecule has 0 aromatic carbocycles. The fraction of sp³-hybridized carbons (Fsp3) is 0.933. The standard InChI is InChI=1S/C30H57NO7/c1-3-5-7-9-11-13-15-17-19-21-25(32)36-23-24-28(34)29(27(31)30(35)37-24)38-26(33)22-20-18-16-14-12-10-8-6-4-2/h24,27-30,34-35H,3-23,31H2,1-2H3/t24-,27-,28-,29-,30?/m1/s1. The van der Waals surface area contributed by atoms with Crippen LogP contribution in [0.3, 0.4) is 0 Å². The summed E-state index contributed by atoms with van der Waals surface area (Å²) in [5.74, 6) is -0.824. The van der Waals surface area contributed by atoms with E-state index in [0.717, 1.165) is 32.1 Å². The highest BCUT2D eigenvalue weighted by atomic mass is 16.6. The molecule has 4 N–H and O–H groups in total. The molecular weight excluding hydrogens is 486 g/mol. The summed E-state index contributed by atoms with van der Waals surface area (Å²) in [7, 11) is 0. The van der Waals surface area contributed by atoms with E-state index in [0.29, 0.717) is 12.8 Å². The Morgan fingerprint density at radius 2 is 1.11 bits per heavy atom. The van der Waals surface area contributed by atoms with E-state index < -0.39 is 36.6 Å². The van der Waals surface area contributed by atoms with Gasteiger partial charge in [-0.15, -0.1) is 0 Å². The van der Waals surface area contributed by atoms with Crippen molar-refractivity contribution < 1.29 is 34.0 Å². The number of carbonyl (C=O) groups is 2. The minimum Gasteiger partial charge on any atom is -0.463 e. The van der Waals surface area contributed by atoms with E-state index in [9.17, 15) is 19.8 Å². The number of rotatable bonds is 23. The molecule has 5 atom stereocenters. The van der Waals surface area contributed by atoms with Gasteiger partial charge in [-0.2, -0.15) is 0 Å². The molecular formula is C30H57NO7. The van der Waals surface area contributed by atoms with Crippen LogP contribution in [0.5, 0.6) is 0 Å². The number of esters is 2. The highest BCUT2D eigenvalue weighted by molar-refractivity contribution is 5.70. The quantitative estimate of drug-likeness (QED) is 0.111. The molecule has 8 nitrogen and oxygen atoms in total. The molecule has 0 amide bonds. The molecule has 8 heteroatoms. The Morgan fingerprint density at radius 3 is 1.58 bits per heavy atom. The van der Waals surface area contributed by atoms with Crippen LogP contribution in [0.25, 0.3) is 0 Å². The van der Waals surface area contributed by atoms with E-state index in [1.54, 1.807) is 0 Å². The van der Waals surface area contributed by atoms with Crippen LogP contribution in [0, 0.1) is 0 Å². The number of nitrogens with two attached hydrogens (primary N) is 1. The molecule has 0 saturated carbocycles. The number of hydrogen-bond acceptors (Lipinski definition) is 8. The van der Waals surface area contributed by atoms with Gasteiger partial charge in [0.15, 0.2) is 12.4 Å². The number of hydrogen-bond donors (Lipinski definition) is 3. The first-order chi connectivity index (χ1) is 18.4. The SMILES string of the molecule is CCCCCCCCCCCC(=O)OC[C@H]1OC(O)[C@H](N)[C@@H](OC(=O)CCCCCCCCCCC)[C@@H]1O. The highest BCUT2D eigenvalue weighted by Gasteiger charge is 2.45. The van der Waals surface area contributed by atoms with Crippen molar-refractivity contribution in [2.75, 3.05) is 6.61 Å². The van der Waals surface area contributed by atoms with Crippen molar-refractivity contribution in [3.63, 3.8) is 0 Å². The van der Waals surface area contributed by atoms with E-state index >= 15 is 0 Å². The first kappa shape index (κ1) is 34.8. The first-order valence-corrected chi connectivity index (χ1v) is 15.5. The van der Waals surface area contributed by atoms with Gasteiger partial charge in [-0.1, -0.05) is 117 Å². The fourth-order valence-electron chi connectivity index (χ4n) is 4.86. The second-order valence-electron chi connectivity index (χ2n) is 10.9. The van der Waals surface area contributed by atoms with Crippen molar-refractivity contribution in [2.45, 2.75) is 173 Å². The molecule has 0 radical (unpaired) electrons. The van der Waals surface area contributed by atoms with E-state index in [1.165, 1.54) is 77.0 Å². The Morgan fingerprint density at radius 1 is 0.684 bits per heavy atom. The van der Waals surface area contributed by atoms with Gasteiger partial charge in [0.2, 0.25) is 0 Å². The van der Waals surface area contributed by atoms with Crippen LogP contribution in [0.2, 0.25) is 0 Å². The lowest BCUT2D eigenvalue weighted by molar-refractivity contribution is -0.256. The maximum Gasteiger partial charge on any atom is 0.306 e. The molecule has 38 heavy (non-hydrogen) atoms. The predicted molar refractivity (Wildman–Crippen MR) is 149 cm³/mol. The van der Waals surface area contributed by atoms with Crippen LogP contribution in [0.15, 0.2) is 0 Å². The van der Waals surface area contributed by atoms with Crippen molar-refractivity contribution >= 4 is 11.9 Å². The topological polar surface area (TPSA) is 128 Å². The monoisotopic (exact) mass is 543 g/mol. The van der Waals surface area contributed by atoms with Crippen molar-refractivity contribution in [2.24, 2.45) is 5.73 Å². The van der Waals surface area contributed by atoms with Gasteiger partial charge in [-0.05, 0) is 12.8 Å². The Hall–Kier alpha value is -1.22. The lowest BCUT2D eigenvalue weighted by Crippen LogP contribution is -2.63. The summed E-state index contributed by atoms with van der Waals surface area (Å²) in [5.41, 5.74) is 5.94. The maximum absolute atomic E-state index is 12.4. The van der Waals surface area contributed by atoms with Crippen molar-refractivity contribution in [1.29, 1.82) is 0 Å². The van der Waals surface area contributed by atoms with Crippen molar-refractivity contribution in [3.8, 4) is 0 Å². The second kappa shape index (κ2) is 22.6. The number of carbonyl (C=O) groups excluding carboxylic acids is 2. The molecule has 1 rings (SSSR count). The van der Waals surface area contributed by atoms with Gasteiger partial charge in [0.1, 0.15) is 18.8 Å². The van der Waals surface area contributed by atoms with Crippen molar-refractivity contribution in [3.05, 3.63) is 0 Å².